The highest BCUT2D eigenvalue weighted by Gasteiger charge is 2.03. The molecule has 0 bridgehead atoms. The second-order valence-corrected chi connectivity index (χ2v) is 4.19. The van der Waals surface area contributed by atoms with Crippen LogP contribution in [0.4, 0.5) is 5.13 Å². The van der Waals surface area contributed by atoms with Crippen molar-refractivity contribution in [2.45, 2.75) is 19.9 Å². The molecule has 0 aliphatic heterocycles. The minimum atomic E-state index is 0.693. The van der Waals surface area contributed by atoms with Gasteiger partial charge in [-0.1, -0.05) is 18.3 Å². The molecule has 15 heavy (non-hydrogen) atoms. The standard InChI is InChI=1S/C9H13N5S/c1-2-4-10-9-13-12-8(15-9)7-14-6-3-5-11-14/h3,5-6H,2,4,7H2,1H3,(H,10,13). The van der Waals surface area contributed by atoms with Gasteiger partial charge >= 0.3 is 0 Å². The second-order valence-electron chi connectivity index (χ2n) is 3.13. The van der Waals surface area contributed by atoms with E-state index >= 15 is 0 Å². The molecule has 0 fully saturated rings. The van der Waals surface area contributed by atoms with E-state index in [4.69, 9.17) is 0 Å². The molecular weight excluding hydrogens is 210 g/mol. The highest BCUT2D eigenvalue weighted by Crippen LogP contribution is 2.15. The van der Waals surface area contributed by atoms with Crippen molar-refractivity contribution in [3.63, 3.8) is 0 Å². The fourth-order valence-corrected chi connectivity index (χ4v) is 1.91. The fraction of sp³-hybridized carbons (Fsp3) is 0.444. The Morgan fingerprint density at radius 3 is 3.13 bits per heavy atom. The summed E-state index contributed by atoms with van der Waals surface area (Å²) in [6.45, 7) is 3.76. The Balaban J connectivity index is 1.95. The lowest BCUT2D eigenvalue weighted by Crippen LogP contribution is -1.98. The second kappa shape index (κ2) is 4.88. The predicted octanol–water partition coefficient (Wildman–Crippen LogP) is 1.60. The fourth-order valence-electron chi connectivity index (χ4n) is 1.15. The van der Waals surface area contributed by atoms with E-state index in [1.54, 1.807) is 17.5 Å². The third kappa shape index (κ3) is 2.76. The Morgan fingerprint density at radius 2 is 2.40 bits per heavy atom. The van der Waals surface area contributed by atoms with E-state index in [9.17, 15) is 0 Å². The van der Waals surface area contributed by atoms with E-state index in [0.717, 1.165) is 23.1 Å². The van der Waals surface area contributed by atoms with Crippen molar-refractivity contribution in [3.05, 3.63) is 23.5 Å². The molecule has 0 saturated heterocycles. The van der Waals surface area contributed by atoms with Gasteiger partial charge < -0.3 is 5.32 Å². The molecule has 0 amide bonds. The predicted molar refractivity (Wildman–Crippen MR) is 60.0 cm³/mol. The molecule has 0 aliphatic rings. The highest BCUT2D eigenvalue weighted by molar-refractivity contribution is 7.15. The Labute approximate surface area is 92.2 Å². The van der Waals surface area contributed by atoms with Crippen LogP contribution in [0.2, 0.25) is 0 Å². The number of hydrogen-bond donors (Lipinski definition) is 1. The van der Waals surface area contributed by atoms with Gasteiger partial charge in [-0.05, 0) is 12.5 Å². The van der Waals surface area contributed by atoms with E-state index in [0.29, 0.717) is 6.54 Å². The maximum atomic E-state index is 4.12. The summed E-state index contributed by atoms with van der Waals surface area (Å²) in [6, 6.07) is 1.90. The van der Waals surface area contributed by atoms with Crippen LogP contribution in [0.25, 0.3) is 0 Å². The van der Waals surface area contributed by atoms with Crippen LogP contribution in [-0.2, 0) is 6.54 Å². The van der Waals surface area contributed by atoms with Gasteiger partial charge in [0.25, 0.3) is 0 Å². The van der Waals surface area contributed by atoms with Crippen molar-refractivity contribution in [1.29, 1.82) is 0 Å². The smallest absolute Gasteiger partial charge is 0.205 e. The summed E-state index contributed by atoms with van der Waals surface area (Å²) in [6.07, 6.45) is 4.77. The van der Waals surface area contributed by atoms with Crippen LogP contribution in [0.15, 0.2) is 18.5 Å². The average molecular weight is 223 g/mol. The first kappa shape index (κ1) is 10.1. The van der Waals surface area contributed by atoms with Gasteiger partial charge in [0.05, 0.1) is 6.54 Å². The van der Waals surface area contributed by atoms with Gasteiger partial charge in [0.2, 0.25) is 5.13 Å². The van der Waals surface area contributed by atoms with Crippen LogP contribution < -0.4 is 5.32 Å². The first-order valence-corrected chi connectivity index (χ1v) is 5.74. The molecule has 0 aromatic carbocycles. The number of rotatable bonds is 5. The summed E-state index contributed by atoms with van der Waals surface area (Å²) < 4.78 is 1.84. The van der Waals surface area contributed by atoms with Crippen LogP contribution in [-0.4, -0.2) is 26.5 Å². The first-order valence-electron chi connectivity index (χ1n) is 4.92. The summed E-state index contributed by atoms with van der Waals surface area (Å²) in [5.74, 6) is 0. The van der Waals surface area contributed by atoms with Crippen LogP contribution in [0.3, 0.4) is 0 Å². The van der Waals surface area contributed by atoms with Crippen LogP contribution in [0.1, 0.15) is 18.4 Å². The maximum absolute atomic E-state index is 4.12. The lowest BCUT2D eigenvalue weighted by atomic mass is 10.5. The Bertz CT molecular complexity index is 394. The summed E-state index contributed by atoms with van der Waals surface area (Å²) in [4.78, 5) is 0. The molecule has 5 nitrogen and oxygen atoms in total. The van der Waals surface area contributed by atoms with Gasteiger partial charge in [0.15, 0.2) is 0 Å². The third-order valence-electron chi connectivity index (χ3n) is 1.85. The largest absolute Gasteiger partial charge is 0.360 e. The van der Waals surface area contributed by atoms with Crippen LogP contribution in [0.5, 0.6) is 0 Å². The van der Waals surface area contributed by atoms with E-state index in [1.165, 1.54) is 0 Å². The molecule has 0 unspecified atom stereocenters. The molecule has 2 aromatic rings. The van der Waals surface area contributed by atoms with Crippen molar-refractivity contribution in [2.75, 3.05) is 11.9 Å². The number of aromatic nitrogens is 4. The molecule has 0 saturated carbocycles. The number of nitrogens with zero attached hydrogens (tertiary/aromatic N) is 4. The molecule has 0 radical (unpaired) electrons. The third-order valence-corrected chi connectivity index (χ3v) is 2.72. The van der Waals surface area contributed by atoms with E-state index < -0.39 is 0 Å². The Hall–Kier alpha value is -1.43. The molecule has 2 heterocycles. The normalized spacial score (nSPS) is 10.5. The number of nitrogens with one attached hydrogen (secondary N) is 1. The number of hydrogen-bond acceptors (Lipinski definition) is 5. The van der Waals surface area contributed by atoms with Crippen LogP contribution >= 0.6 is 11.3 Å². The summed E-state index contributed by atoms with van der Waals surface area (Å²) in [7, 11) is 0. The summed E-state index contributed by atoms with van der Waals surface area (Å²) in [5, 5.41) is 17.3. The SMILES string of the molecule is CCCNc1nnc(Cn2cccn2)s1. The van der Waals surface area contributed by atoms with E-state index in [1.807, 2.05) is 16.9 Å². The first-order chi connectivity index (χ1) is 7.38. The van der Waals surface area contributed by atoms with Gasteiger partial charge in [-0.25, -0.2) is 0 Å². The zero-order valence-electron chi connectivity index (χ0n) is 8.55. The molecule has 0 aliphatic carbocycles. The quantitative estimate of drug-likeness (QED) is 0.836. The molecule has 6 heteroatoms. The van der Waals surface area contributed by atoms with Crippen LogP contribution in [0, 0.1) is 0 Å². The van der Waals surface area contributed by atoms with Crippen molar-refractivity contribution >= 4 is 16.5 Å². The lowest BCUT2D eigenvalue weighted by molar-refractivity contribution is 0.677. The topological polar surface area (TPSA) is 55.6 Å². The molecular formula is C9H13N5S. The van der Waals surface area contributed by atoms with Crippen molar-refractivity contribution in [2.24, 2.45) is 0 Å². The Kier molecular flexibility index (Phi) is 3.29. The average Bonchev–Trinajstić information content (AvgIpc) is 2.87. The summed E-state index contributed by atoms with van der Waals surface area (Å²) in [5.41, 5.74) is 0. The minimum Gasteiger partial charge on any atom is -0.360 e. The van der Waals surface area contributed by atoms with Gasteiger partial charge in [0, 0.05) is 18.9 Å². The molecule has 80 valence electrons. The molecule has 2 aromatic heterocycles. The van der Waals surface area contributed by atoms with Crippen molar-refractivity contribution in [3.8, 4) is 0 Å². The maximum Gasteiger partial charge on any atom is 0.205 e. The molecule has 1 N–H and O–H groups in total. The molecule has 0 spiro atoms. The monoisotopic (exact) mass is 223 g/mol. The zero-order valence-corrected chi connectivity index (χ0v) is 9.37. The van der Waals surface area contributed by atoms with Crippen molar-refractivity contribution < 1.29 is 0 Å². The van der Waals surface area contributed by atoms with Gasteiger partial charge in [-0.15, -0.1) is 10.2 Å². The Morgan fingerprint density at radius 1 is 1.47 bits per heavy atom. The summed E-state index contributed by atoms with van der Waals surface area (Å²) >= 11 is 1.58. The van der Waals surface area contributed by atoms with Gasteiger partial charge in [0.1, 0.15) is 5.01 Å². The van der Waals surface area contributed by atoms with E-state index in [2.05, 4.69) is 27.5 Å². The number of anilines is 1. The molecule has 0 atom stereocenters. The van der Waals surface area contributed by atoms with E-state index in [-0.39, 0.29) is 0 Å². The highest BCUT2D eigenvalue weighted by atomic mass is 32.1. The van der Waals surface area contributed by atoms with Crippen molar-refractivity contribution in [1.82, 2.24) is 20.0 Å². The van der Waals surface area contributed by atoms with Gasteiger partial charge in [-0.2, -0.15) is 5.10 Å². The lowest BCUT2D eigenvalue weighted by Gasteiger charge is -1.96. The molecule has 2 rings (SSSR count). The zero-order chi connectivity index (χ0) is 10.5. The van der Waals surface area contributed by atoms with Gasteiger partial charge in [-0.3, -0.25) is 4.68 Å². The minimum absolute atomic E-state index is 0.693.